The number of nitrogens with zero attached hydrogens (tertiary/aromatic N) is 2. The largest absolute Gasteiger partial charge is 0.439 e. The average Bonchev–Trinajstić information content (AvgIpc) is 3.28. The number of carbonyl (C=O) groups is 1. The van der Waals surface area contributed by atoms with Crippen LogP contribution in [0, 0.1) is 5.92 Å². The van der Waals surface area contributed by atoms with Crippen molar-refractivity contribution in [3.63, 3.8) is 0 Å². The maximum atomic E-state index is 12.5. The van der Waals surface area contributed by atoms with Gasteiger partial charge in [-0.05, 0) is 48.8 Å². The molecule has 1 spiro atoms. The summed E-state index contributed by atoms with van der Waals surface area (Å²) < 4.78 is 5.94. The van der Waals surface area contributed by atoms with Crippen molar-refractivity contribution < 1.29 is 9.53 Å². The fraction of sp³-hybridized carbons (Fsp3) is 0.471. The van der Waals surface area contributed by atoms with Gasteiger partial charge in [0.2, 0.25) is 0 Å². The van der Waals surface area contributed by atoms with Crippen LogP contribution in [0.5, 0.6) is 0 Å². The zero-order chi connectivity index (χ0) is 15.4. The molecule has 23 heavy (non-hydrogen) atoms. The minimum absolute atomic E-state index is 0.173. The lowest BCUT2D eigenvalue weighted by Crippen LogP contribution is -2.61. The number of fused-ring (bicyclic) bond motifs is 2. The van der Waals surface area contributed by atoms with Crippen LogP contribution in [0.3, 0.4) is 0 Å². The summed E-state index contributed by atoms with van der Waals surface area (Å²) >= 11 is 3.39. The zero-order valence-electron chi connectivity index (χ0n) is 12.7. The number of piperidine rings is 3. The second-order valence-corrected chi connectivity index (χ2v) is 8.44. The van der Waals surface area contributed by atoms with E-state index in [1.54, 1.807) is 22.7 Å². The van der Waals surface area contributed by atoms with E-state index >= 15 is 0 Å². The van der Waals surface area contributed by atoms with Crippen molar-refractivity contribution in [2.45, 2.75) is 18.4 Å². The van der Waals surface area contributed by atoms with Gasteiger partial charge < -0.3 is 4.74 Å². The molecule has 6 heterocycles. The Morgan fingerprint density at radius 1 is 1.22 bits per heavy atom. The Morgan fingerprint density at radius 3 is 2.78 bits per heavy atom. The molecule has 4 nitrogen and oxygen atoms in total. The first-order valence-corrected chi connectivity index (χ1v) is 9.90. The molecule has 1 amide bonds. The van der Waals surface area contributed by atoms with Crippen LogP contribution in [0.4, 0.5) is 10.5 Å². The molecule has 0 aromatic carbocycles. The Balaban J connectivity index is 1.43. The monoisotopic (exact) mass is 346 g/mol. The van der Waals surface area contributed by atoms with Crippen molar-refractivity contribution >= 4 is 34.5 Å². The lowest BCUT2D eigenvalue weighted by molar-refractivity contribution is -0.0881. The highest BCUT2D eigenvalue weighted by Gasteiger charge is 2.55. The fourth-order valence-electron chi connectivity index (χ4n) is 4.23. The number of thiophene rings is 2. The van der Waals surface area contributed by atoms with Crippen LogP contribution in [-0.2, 0) is 4.74 Å². The molecule has 4 fully saturated rings. The number of hydrogen-bond donors (Lipinski definition) is 0. The number of amides is 1. The van der Waals surface area contributed by atoms with Gasteiger partial charge in [-0.25, -0.2) is 4.79 Å². The van der Waals surface area contributed by atoms with Crippen molar-refractivity contribution in [2.75, 3.05) is 31.1 Å². The normalized spacial score (nSPS) is 32.7. The van der Waals surface area contributed by atoms with E-state index in [-0.39, 0.29) is 11.7 Å². The van der Waals surface area contributed by atoms with Crippen LogP contribution in [0.2, 0.25) is 0 Å². The highest BCUT2D eigenvalue weighted by atomic mass is 32.1. The molecule has 0 saturated carbocycles. The first-order chi connectivity index (χ1) is 11.2. The molecule has 4 saturated heterocycles. The number of ether oxygens (including phenoxy) is 1. The van der Waals surface area contributed by atoms with Gasteiger partial charge in [-0.1, -0.05) is 0 Å². The highest BCUT2D eigenvalue weighted by molar-refractivity contribution is 7.14. The van der Waals surface area contributed by atoms with E-state index in [1.165, 1.54) is 10.4 Å². The van der Waals surface area contributed by atoms with Crippen molar-refractivity contribution in [2.24, 2.45) is 5.92 Å². The molecule has 2 aromatic heterocycles. The molecule has 0 aliphatic carbocycles. The van der Waals surface area contributed by atoms with E-state index in [9.17, 15) is 4.79 Å². The van der Waals surface area contributed by atoms with E-state index in [4.69, 9.17) is 4.74 Å². The fourth-order valence-corrected chi connectivity index (χ4v) is 5.86. The van der Waals surface area contributed by atoms with Gasteiger partial charge in [-0.2, -0.15) is 11.3 Å². The van der Waals surface area contributed by atoms with Crippen molar-refractivity contribution in [1.82, 2.24) is 4.90 Å². The summed E-state index contributed by atoms with van der Waals surface area (Å²) in [5, 5.41) is 6.31. The Morgan fingerprint density at radius 2 is 2.09 bits per heavy atom. The molecular weight excluding hydrogens is 328 g/mol. The molecule has 4 aliphatic heterocycles. The maximum Gasteiger partial charge on any atom is 0.415 e. The number of anilines is 1. The minimum atomic E-state index is -0.280. The highest BCUT2D eigenvalue weighted by Crippen LogP contribution is 2.44. The van der Waals surface area contributed by atoms with Gasteiger partial charge in [0.15, 0.2) is 0 Å². The second kappa shape index (κ2) is 5.06. The third-order valence-electron chi connectivity index (χ3n) is 5.46. The quantitative estimate of drug-likeness (QED) is 0.827. The molecule has 6 heteroatoms. The van der Waals surface area contributed by atoms with Gasteiger partial charge in [-0.15, -0.1) is 11.3 Å². The first-order valence-electron chi connectivity index (χ1n) is 8.07. The average molecular weight is 346 g/mol. The Labute approximate surface area is 143 Å². The van der Waals surface area contributed by atoms with Crippen molar-refractivity contribution in [3.05, 3.63) is 28.3 Å². The van der Waals surface area contributed by atoms with E-state index in [1.807, 2.05) is 4.90 Å². The molecule has 2 bridgehead atoms. The summed E-state index contributed by atoms with van der Waals surface area (Å²) in [4.78, 5) is 18.0. The summed E-state index contributed by atoms with van der Waals surface area (Å²) in [7, 11) is 0. The Hall–Kier alpha value is -1.37. The van der Waals surface area contributed by atoms with Gasteiger partial charge >= 0.3 is 6.09 Å². The summed E-state index contributed by atoms with van der Waals surface area (Å²) in [6, 6.07) is 4.24. The molecule has 0 unspecified atom stereocenters. The summed E-state index contributed by atoms with van der Waals surface area (Å²) in [5.41, 5.74) is 1.93. The molecule has 1 atom stereocenters. The Kier molecular flexibility index (Phi) is 3.08. The lowest BCUT2D eigenvalue weighted by Gasteiger charge is -2.49. The van der Waals surface area contributed by atoms with Crippen LogP contribution in [0.25, 0.3) is 10.4 Å². The van der Waals surface area contributed by atoms with Crippen LogP contribution < -0.4 is 4.90 Å². The summed E-state index contributed by atoms with van der Waals surface area (Å²) in [5.74, 6) is 0.524. The third-order valence-corrected chi connectivity index (χ3v) is 7.11. The molecule has 2 aromatic rings. The van der Waals surface area contributed by atoms with Crippen LogP contribution >= 0.6 is 22.7 Å². The van der Waals surface area contributed by atoms with Crippen molar-refractivity contribution in [1.29, 1.82) is 0 Å². The topological polar surface area (TPSA) is 32.8 Å². The van der Waals surface area contributed by atoms with Gasteiger partial charge in [0, 0.05) is 28.3 Å². The summed E-state index contributed by atoms with van der Waals surface area (Å²) in [6.07, 6.45) is 2.14. The molecular formula is C17H18N2O2S2. The molecule has 4 aliphatic rings. The van der Waals surface area contributed by atoms with Crippen LogP contribution in [-0.4, -0.2) is 42.8 Å². The Bertz CT molecular complexity index is 734. The number of rotatable bonds is 2. The van der Waals surface area contributed by atoms with E-state index in [0.29, 0.717) is 12.5 Å². The number of hydrogen-bond acceptors (Lipinski definition) is 5. The van der Waals surface area contributed by atoms with Crippen LogP contribution in [0.1, 0.15) is 12.8 Å². The molecule has 0 N–H and O–H groups in total. The van der Waals surface area contributed by atoms with Gasteiger partial charge in [-0.3, -0.25) is 9.80 Å². The third kappa shape index (κ3) is 2.16. The summed E-state index contributed by atoms with van der Waals surface area (Å²) in [6.45, 7) is 3.92. The predicted molar refractivity (Wildman–Crippen MR) is 93.4 cm³/mol. The van der Waals surface area contributed by atoms with Gasteiger partial charge in [0.25, 0.3) is 0 Å². The van der Waals surface area contributed by atoms with E-state index in [0.717, 1.165) is 38.2 Å². The predicted octanol–water partition coefficient (Wildman–Crippen LogP) is 3.90. The lowest BCUT2D eigenvalue weighted by atomic mass is 9.75. The minimum Gasteiger partial charge on any atom is -0.439 e. The first kappa shape index (κ1) is 14.0. The van der Waals surface area contributed by atoms with Gasteiger partial charge in [0.1, 0.15) is 5.60 Å². The molecule has 120 valence electrons. The molecule has 6 rings (SSSR count). The number of carbonyl (C=O) groups excluding carboxylic acids is 1. The SMILES string of the molecule is O=C1O[C@]2(CN3CCC2CC3)CN1c1csc(-c2ccsc2)c1. The maximum absolute atomic E-state index is 12.5. The van der Waals surface area contributed by atoms with E-state index < -0.39 is 0 Å². The van der Waals surface area contributed by atoms with E-state index in [2.05, 4.69) is 33.2 Å². The second-order valence-electron chi connectivity index (χ2n) is 6.75. The van der Waals surface area contributed by atoms with Crippen LogP contribution in [0.15, 0.2) is 28.3 Å². The van der Waals surface area contributed by atoms with Crippen molar-refractivity contribution in [3.8, 4) is 10.4 Å². The smallest absolute Gasteiger partial charge is 0.415 e. The molecule has 0 radical (unpaired) electrons. The zero-order valence-corrected chi connectivity index (χ0v) is 14.4. The standard InChI is InChI=1S/C17H18N2O2S2/c20-16-19(14-7-15(23-9-14)12-3-6-22-8-12)11-17(21-16)10-18-4-1-13(17)2-5-18/h3,6-9,13H,1-2,4-5,10-11H2/t17-/m1/s1. The van der Waals surface area contributed by atoms with Gasteiger partial charge in [0.05, 0.1) is 12.2 Å².